The lowest BCUT2D eigenvalue weighted by Gasteiger charge is -2.31. The van der Waals surface area contributed by atoms with Crippen molar-refractivity contribution < 1.29 is 8.42 Å². The van der Waals surface area contributed by atoms with Crippen LogP contribution in [-0.4, -0.2) is 45.2 Å². The van der Waals surface area contributed by atoms with Gasteiger partial charge in [-0.3, -0.25) is 0 Å². The third kappa shape index (κ3) is 4.45. The first kappa shape index (κ1) is 16.3. The van der Waals surface area contributed by atoms with Crippen molar-refractivity contribution in [1.29, 1.82) is 0 Å². The summed E-state index contributed by atoms with van der Waals surface area (Å²) in [6, 6.07) is 7.12. The number of likely N-dealkylation sites (tertiary alicyclic amines) is 1. The molecular weight excluding hydrogens is 284 g/mol. The Hall–Kier alpha value is -1.07. The lowest BCUT2D eigenvalue weighted by molar-refractivity contribution is 0.198. The Morgan fingerprint density at radius 3 is 2.29 bits per heavy atom. The molecule has 4 nitrogen and oxygen atoms in total. The van der Waals surface area contributed by atoms with E-state index in [1.807, 2.05) is 12.1 Å². The standard InChI is InChI=1S/C16H26N2O2S/c1-3-18-11-9-14(10-12-18)13-17-15-5-7-16(8-6-15)21(19,20)4-2/h5-8,14,17H,3-4,9-13H2,1-2H3. The molecule has 21 heavy (non-hydrogen) atoms. The predicted octanol–water partition coefficient (Wildman–Crippen LogP) is 2.62. The molecule has 1 heterocycles. The first-order valence-electron chi connectivity index (χ1n) is 7.84. The van der Waals surface area contributed by atoms with Gasteiger partial charge in [0.25, 0.3) is 0 Å². The van der Waals surface area contributed by atoms with E-state index in [0.29, 0.717) is 10.8 Å². The molecule has 118 valence electrons. The maximum Gasteiger partial charge on any atom is 0.178 e. The van der Waals surface area contributed by atoms with E-state index in [1.54, 1.807) is 19.1 Å². The number of hydrogen-bond donors (Lipinski definition) is 1. The summed E-state index contributed by atoms with van der Waals surface area (Å²) in [6.45, 7) is 8.38. The Bertz CT molecular complexity index is 532. The Morgan fingerprint density at radius 1 is 1.14 bits per heavy atom. The van der Waals surface area contributed by atoms with Crippen LogP contribution in [-0.2, 0) is 9.84 Å². The van der Waals surface area contributed by atoms with E-state index in [4.69, 9.17) is 0 Å². The van der Waals surface area contributed by atoms with Gasteiger partial charge >= 0.3 is 0 Å². The predicted molar refractivity (Wildman–Crippen MR) is 87.5 cm³/mol. The third-order valence-electron chi connectivity index (χ3n) is 4.34. The summed E-state index contributed by atoms with van der Waals surface area (Å²) in [5, 5.41) is 3.43. The molecule has 0 aromatic heterocycles. The molecule has 1 aliphatic heterocycles. The average Bonchev–Trinajstić information content (AvgIpc) is 2.54. The van der Waals surface area contributed by atoms with Gasteiger partial charge in [-0.15, -0.1) is 0 Å². The van der Waals surface area contributed by atoms with E-state index in [9.17, 15) is 8.42 Å². The van der Waals surface area contributed by atoms with Gasteiger partial charge in [-0.25, -0.2) is 8.42 Å². The van der Waals surface area contributed by atoms with Crippen molar-refractivity contribution in [3.05, 3.63) is 24.3 Å². The second kappa shape index (κ2) is 7.27. The zero-order chi connectivity index (χ0) is 15.3. The maximum atomic E-state index is 11.8. The topological polar surface area (TPSA) is 49.4 Å². The lowest BCUT2D eigenvalue weighted by Crippen LogP contribution is -2.35. The van der Waals surface area contributed by atoms with E-state index in [1.165, 1.54) is 25.9 Å². The molecule has 1 aromatic rings. The molecule has 0 spiro atoms. The number of piperidine rings is 1. The first-order chi connectivity index (χ1) is 10.0. The Morgan fingerprint density at radius 2 is 1.76 bits per heavy atom. The maximum absolute atomic E-state index is 11.8. The van der Waals surface area contributed by atoms with Crippen LogP contribution in [0.3, 0.4) is 0 Å². The number of anilines is 1. The molecule has 5 heteroatoms. The molecule has 1 N–H and O–H groups in total. The van der Waals surface area contributed by atoms with Crippen molar-refractivity contribution in [3.63, 3.8) is 0 Å². The third-order valence-corrected chi connectivity index (χ3v) is 6.09. The molecular formula is C16H26N2O2S. The second-order valence-corrected chi connectivity index (χ2v) is 7.96. The summed E-state index contributed by atoms with van der Waals surface area (Å²) in [5.74, 6) is 0.863. The number of sulfone groups is 1. The highest BCUT2D eigenvalue weighted by molar-refractivity contribution is 7.91. The number of hydrogen-bond acceptors (Lipinski definition) is 4. The highest BCUT2D eigenvalue weighted by Crippen LogP contribution is 2.19. The lowest BCUT2D eigenvalue weighted by atomic mass is 9.97. The van der Waals surface area contributed by atoms with Crippen LogP contribution >= 0.6 is 0 Å². The fourth-order valence-electron chi connectivity index (χ4n) is 2.72. The summed E-state index contributed by atoms with van der Waals surface area (Å²) in [4.78, 5) is 2.90. The van der Waals surface area contributed by atoms with E-state index < -0.39 is 9.84 Å². The molecule has 0 bridgehead atoms. The van der Waals surface area contributed by atoms with Crippen molar-refractivity contribution in [2.45, 2.75) is 31.6 Å². The monoisotopic (exact) mass is 310 g/mol. The molecule has 0 radical (unpaired) electrons. The fourth-order valence-corrected chi connectivity index (χ4v) is 3.60. The van der Waals surface area contributed by atoms with Crippen molar-refractivity contribution in [3.8, 4) is 0 Å². The number of nitrogens with zero attached hydrogens (tertiary/aromatic N) is 1. The molecule has 1 aromatic carbocycles. The number of benzene rings is 1. The van der Waals surface area contributed by atoms with Gasteiger partial charge in [0, 0.05) is 12.2 Å². The van der Waals surface area contributed by atoms with Crippen molar-refractivity contribution in [2.24, 2.45) is 5.92 Å². The average molecular weight is 310 g/mol. The van der Waals surface area contributed by atoms with Crippen molar-refractivity contribution in [2.75, 3.05) is 37.2 Å². The minimum atomic E-state index is -3.09. The summed E-state index contributed by atoms with van der Waals surface area (Å²) in [7, 11) is -3.09. The van der Waals surface area contributed by atoms with Crippen LogP contribution in [0.1, 0.15) is 26.7 Å². The van der Waals surface area contributed by atoms with Crippen molar-refractivity contribution in [1.82, 2.24) is 4.90 Å². The second-order valence-electron chi connectivity index (χ2n) is 5.69. The minimum Gasteiger partial charge on any atom is -0.385 e. The molecule has 0 unspecified atom stereocenters. The summed E-state index contributed by atoms with van der Waals surface area (Å²) < 4.78 is 23.5. The quantitative estimate of drug-likeness (QED) is 0.877. The van der Waals surface area contributed by atoms with Gasteiger partial charge in [0.2, 0.25) is 0 Å². The van der Waals surface area contributed by atoms with Crippen LogP contribution in [0.5, 0.6) is 0 Å². The smallest absolute Gasteiger partial charge is 0.178 e. The van der Waals surface area contributed by atoms with Gasteiger partial charge in [0.05, 0.1) is 10.6 Å². The Balaban J connectivity index is 1.84. The molecule has 0 atom stereocenters. The molecule has 2 rings (SSSR count). The van der Waals surface area contributed by atoms with Crippen LogP contribution < -0.4 is 5.32 Å². The van der Waals surface area contributed by atoms with Crippen molar-refractivity contribution >= 4 is 15.5 Å². The highest BCUT2D eigenvalue weighted by atomic mass is 32.2. The van der Waals surface area contributed by atoms with E-state index >= 15 is 0 Å². The van der Waals surface area contributed by atoms with Gasteiger partial charge in [0.15, 0.2) is 9.84 Å². The SMILES string of the molecule is CCN1CCC(CNc2ccc(S(=O)(=O)CC)cc2)CC1. The zero-order valence-electron chi connectivity index (χ0n) is 13.0. The van der Waals surface area contributed by atoms with Gasteiger partial charge in [-0.2, -0.15) is 0 Å². The van der Waals surface area contributed by atoms with Gasteiger partial charge in [0.1, 0.15) is 0 Å². The fraction of sp³-hybridized carbons (Fsp3) is 0.625. The van der Waals surface area contributed by atoms with Gasteiger partial charge in [-0.05, 0) is 62.7 Å². The normalized spacial score (nSPS) is 17.8. The van der Waals surface area contributed by atoms with Gasteiger partial charge in [-0.1, -0.05) is 13.8 Å². The van der Waals surface area contributed by atoms with Crippen LogP contribution in [0.2, 0.25) is 0 Å². The van der Waals surface area contributed by atoms with E-state index in [0.717, 1.165) is 18.8 Å². The van der Waals surface area contributed by atoms with Gasteiger partial charge < -0.3 is 10.2 Å². The summed E-state index contributed by atoms with van der Waals surface area (Å²) in [5.41, 5.74) is 1.00. The highest BCUT2D eigenvalue weighted by Gasteiger charge is 2.17. The molecule has 1 fully saturated rings. The van der Waals surface area contributed by atoms with Crippen LogP contribution in [0, 0.1) is 5.92 Å². The van der Waals surface area contributed by atoms with Crippen LogP contribution in [0.15, 0.2) is 29.2 Å². The van der Waals surface area contributed by atoms with Crippen LogP contribution in [0.25, 0.3) is 0 Å². The number of rotatable bonds is 6. The summed E-state index contributed by atoms with van der Waals surface area (Å²) in [6.07, 6.45) is 2.48. The molecule has 0 aliphatic carbocycles. The molecule has 1 saturated heterocycles. The molecule has 0 saturated carbocycles. The zero-order valence-corrected chi connectivity index (χ0v) is 13.8. The van der Waals surface area contributed by atoms with E-state index in [2.05, 4.69) is 17.1 Å². The Labute approximate surface area is 128 Å². The van der Waals surface area contributed by atoms with E-state index in [-0.39, 0.29) is 5.75 Å². The summed E-state index contributed by atoms with van der Waals surface area (Å²) >= 11 is 0. The largest absolute Gasteiger partial charge is 0.385 e. The first-order valence-corrected chi connectivity index (χ1v) is 9.49. The molecule has 0 amide bonds. The Kier molecular flexibility index (Phi) is 5.65. The van der Waals surface area contributed by atoms with Crippen LogP contribution in [0.4, 0.5) is 5.69 Å². The molecule has 1 aliphatic rings. The number of nitrogens with one attached hydrogen (secondary N) is 1. The minimum absolute atomic E-state index is 0.149.